The molecular weight excluding hydrogens is 621 g/mol. The summed E-state index contributed by atoms with van der Waals surface area (Å²) in [6, 6.07) is 21.2. The number of nitrogens with zero attached hydrogens (tertiary/aromatic N) is 2. The van der Waals surface area contributed by atoms with Crippen molar-refractivity contribution in [2.75, 3.05) is 20.2 Å². The summed E-state index contributed by atoms with van der Waals surface area (Å²) in [6.45, 7) is 8.07. The predicted octanol–water partition coefficient (Wildman–Crippen LogP) is 6.65. The highest BCUT2D eigenvalue weighted by Crippen LogP contribution is 2.30. The largest absolute Gasteiger partial charge is 0.379 e. The van der Waals surface area contributed by atoms with E-state index in [1.54, 1.807) is 19.2 Å². The van der Waals surface area contributed by atoms with Crippen molar-refractivity contribution in [3.05, 3.63) is 125 Å². The molecule has 0 aliphatic carbocycles. The number of hydrogen-bond donors (Lipinski definition) is 2. The number of benzene rings is 3. The van der Waals surface area contributed by atoms with Crippen molar-refractivity contribution in [2.24, 2.45) is 5.73 Å². The molecule has 0 saturated heterocycles. The van der Waals surface area contributed by atoms with Crippen molar-refractivity contribution in [1.82, 2.24) is 15.2 Å². The molecule has 3 amide bonds. The van der Waals surface area contributed by atoms with Crippen molar-refractivity contribution in [1.29, 1.82) is 0 Å². The second-order valence-corrected chi connectivity index (χ2v) is 11.6. The molecule has 0 radical (unpaired) electrons. The van der Waals surface area contributed by atoms with Crippen LogP contribution in [-0.2, 0) is 20.7 Å². The van der Waals surface area contributed by atoms with Crippen LogP contribution in [0.15, 0.2) is 91.1 Å². The minimum Gasteiger partial charge on any atom is -0.379 e. The van der Waals surface area contributed by atoms with Gasteiger partial charge >= 0.3 is 0 Å². The summed E-state index contributed by atoms with van der Waals surface area (Å²) >= 11 is 0. The topological polar surface area (TPSA) is 115 Å². The number of carbonyl (C=O) groups excluding carboxylic acids is 3. The lowest BCUT2D eigenvalue weighted by Gasteiger charge is -2.23. The Bertz CT molecular complexity index is 1570. The van der Waals surface area contributed by atoms with Crippen LogP contribution in [0.1, 0.15) is 61.8 Å². The van der Waals surface area contributed by atoms with Gasteiger partial charge in [-0.2, -0.15) is 0 Å². The summed E-state index contributed by atoms with van der Waals surface area (Å²) in [6.07, 6.45) is 2.64. The van der Waals surface area contributed by atoms with Crippen molar-refractivity contribution in [3.63, 3.8) is 0 Å². The predicted molar refractivity (Wildman–Crippen MR) is 180 cm³/mol. The molecule has 1 heterocycles. The van der Waals surface area contributed by atoms with E-state index in [9.17, 15) is 27.6 Å². The summed E-state index contributed by atoms with van der Waals surface area (Å²) in [4.78, 5) is 41.5. The lowest BCUT2D eigenvalue weighted by molar-refractivity contribution is -0.128. The number of carbonyl (C=O) groups is 3. The summed E-state index contributed by atoms with van der Waals surface area (Å²) in [7, 11) is 1.71. The smallest absolute Gasteiger partial charge is 0.251 e. The van der Waals surface area contributed by atoms with E-state index < -0.39 is 35.3 Å². The third-order valence-corrected chi connectivity index (χ3v) is 6.69. The first kappa shape index (κ1) is 39.1. The van der Waals surface area contributed by atoms with Crippen molar-refractivity contribution in [3.8, 4) is 11.1 Å². The Hall–Kier alpha value is -5.03. The maximum Gasteiger partial charge on any atom is 0.251 e. The molecular formula is C37H43F3N4O4. The lowest BCUT2D eigenvalue weighted by Crippen LogP contribution is -2.39. The van der Waals surface area contributed by atoms with Gasteiger partial charge in [-0.15, -0.1) is 0 Å². The number of nitrogens with two attached hydrogens (primary N) is 1. The van der Waals surface area contributed by atoms with Crippen molar-refractivity contribution >= 4 is 18.2 Å². The van der Waals surface area contributed by atoms with Crippen LogP contribution >= 0.6 is 0 Å². The Morgan fingerprint density at radius 2 is 1.54 bits per heavy atom. The van der Waals surface area contributed by atoms with Crippen molar-refractivity contribution < 1.29 is 32.3 Å². The number of amides is 3. The first-order valence-electron chi connectivity index (χ1n) is 15.3. The molecule has 0 spiro atoms. The van der Waals surface area contributed by atoms with Gasteiger partial charge in [-0.1, -0.05) is 55.5 Å². The average Bonchev–Trinajstić information content (AvgIpc) is 3.05. The molecule has 256 valence electrons. The highest BCUT2D eigenvalue weighted by atomic mass is 19.1. The fourth-order valence-electron chi connectivity index (χ4n) is 4.27. The maximum absolute atomic E-state index is 14.1. The Labute approximate surface area is 280 Å². The summed E-state index contributed by atoms with van der Waals surface area (Å²) in [5, 5.41) is 2.79. The molecule has 4 aromatic rings. The van der Waals surface area contributed by atoms with E-state index in [2.05, 4.69) is 10.3 Å². The van der Waals surface area contributed by atoms with E-state index in [1.807, 2.05) is 64.1 Å². The zero-order chi connectivity index (χ0) is 35.7. The van der Waals surface area contributed by atoms with Crippen LogP contribution in [0, 0.1) is 17.5 Å². The van der Waals surface area contributed by atoms with Crippen LogP contribution in [0.25, 0.3) is 11.1 Å². The van der Waals surface area contributed by atoms with E-state index >= 15 is 0 Å². The second kappa shape index (κ2) is 19.6. The highest BCUT2D eigenvalue weighted by Gasteiger charge is 2.23. The van der Waals surface area contributed by atoms with Gasteiger partial charge in [0.15, 0.2) is 0 Å². The summed E-state index contributed by atoms with van der Waals surface area (Å²) in [5.74, 6) is -3.82. The summed E-state index contributed by atoms with van der Waals surface area (Å²) in [5.41, 5.74) is 6.42. The zero-order valence-corrected chi connectivity index (χ0v) is 27.9. The third-order valence-electron chi connectivity index (χ3n) is 6.69. The molecule has 0 bridgehead atoms. The van der Waals surface area contributed by atoms with E-state index in [0.717, 1.165) is 24.3 Å². The lowest BCUT2D eigenvalue weighted by atomic mass is 9.94. The summed E-state index contributed by atoms with van der Waals surface area (Å²) < 4.78 is 46.8. The van der Waals surface area contributed by atoms with E-state index in [0.29, 0.717) is 36.2 Å². The van der Waals surface area contributed by atoms with E-state index in [1.165, 1.54) is 23.2 Å². The van der Waals surface area contributed by atoms with Crippen LogP contribution in [0.4, 0.5) is 13.2 Å². The number of methoxy groups -OCH3 is 1. The van der Waals surface area contributed by atoms with Gasteiger partial charge < -0.3 is 20.7 Å². The standard InChI is InChI=1S/C26H25F3N4O3.C6H6.C5H12O/c1-2-8-33(15-34)14-24(35)32-23(11-16-9-18(27)13-19(28)10-16)25-20(4-3-7-31-25)17-5-6-22(29)21(12-17)26(30)36;1-2-4-6-5-3-1;1-5(2,3)6-4/h3-7,9-10,12-13,15,23H,2,8,11,14H2,1H3,(H2,30,36)(H,32,35);1-6H;1-4H3. The molecule has 8 nitrogen and oxygen atoms in total. The molecule has 0 aliphatic rings. The molecule has 3 N–H and O–H groups in total. The number of halogens is 3. The SMILES string of the molecule is CCCN(C=O)CC(=O)NC(Cc1cc(F)cc(F)c1)c1ncccc1-c1ccc(F)c(C(N)=O)c1.COC(C)(C)C.c1ccccc1. The van der Waals surface area contributed by atoms with Crippen molar-refractivity contribution in [2.45, 2.75) is 52.2 Å². The molecule has 11 heteroatoms. The molecule has 1 aromatic heterocycles. The molecule has 48 heavy (non-hydrogen) atoms. The number of rotatable bonds is 11. The Balaban J connectivity index is 0.000000560. The second-order valence-electron chi connectivity index (χ2n) is 11.6. The fourth-order valence-corrected chi connectivity index (χ4v) is 4.27. The normalized spacial score (nSPS) is 11.2. The molecule has 4 rings (SSSR count). The first-order chi connectivity index (χ1) is 22.8. The quantitative estimate of drug-likeness (QED) is 0.174. The number of nitrogens with one attached hydrogen (secondary N) is 1. The first-order valence-corrected chi connectivity index (χ1v) is 15.3. The minimum absolute atomic E-state index is 0.0385. The monoisotopic (exact) mass is 664 g/mol. The fraction of sp³-hybridized carbons (Fsp3) is 0.297. The number of hydrogen-bond acceptors (Lipinski definition) is 5. The van der Waals surface area contributed by atoms with Crippen LogP contribution in [0.3, 0.4) is 0 Å². The van der Waals surface area contributed by atoms with Gasteiger partial charge in [0.1, 0.15) is 17.5 Å². The van der Waals surface area contributed by atoms with E-state index in [4.69, 9.17) is 10.5 Å². The molecule has 1 unspecified atom stereocenters. The maximum atomic E-state index is 14.1. The minimum atomic E-state index is -0.954. The van der Waals surface area contributed by atoms with Crippen LogP contribution in [-0.4, -0.2) is 53.9 Å². The highest BCUT2D eigenvalue weighted by molar-refractivity contribution is 5.94. The van der Waals surface area contributed by atoms with Gasteiger partial charge in [0.25, 0.3) is 5.91 Å². The van der Waals surface area contributed by atoms with Crippen LogP contribution in [0.5, 0.6) is 0 Å². The van der Waals surface area contributed by atoms with Gasteiger partial charge in [-0.05, 0) is 75.1 Å². The average molecular weight is 665 g/mol. The van der Waals surface area contributed by atoms with Gasteiger partial charge in [-0.25, -0.2) is 13.2 Å². The molecule has 3 aromatic carbocycles. The number of aromatic nitrogens is 1. The Morgan fingerprint density at radius 1 is 0.958 bits per heavy atom. The van der Waals surface area contributed by atoms with Gasteiger partial charge in [0, 0.05) is 31.5 Å². The Kier molecular flexibility index (Phi) is 16.0. The third kappa shape index (κ3) is 13.8. The number of primary amides is 1. The van der Waals surface area contributed by atoms with Gasteiger partial charge in [0.2, 0.25) is 12.3 Å². The van der Waals surface area contributed by atoms with Gasteiger partial charge in [-0.3, -0.25) is 19.4 Å². The van der Waals surface area contributed by atoms with Gasteiger partial charge in [0.05, 0.1) is 29.4 Å². The molecule has 1 atom stereocenters. The van der Waals surface area contributed by atoms with Crippen LogP contribution in [0.2, 0.25) is 0 Å². The molecule has 0 saturated carbocycles. The number of pyridine rings is 1. The zero-order valence-electron chi connectivity index (χ0n) is 27.9. The number of ether oxygens (including phenoxy) is 1. The van der Waals surface area contributed by atoms with Crippen LogP contribution < -0.4 is 11.1 Å². The Morgan fingerprint density at radius 3 is 2.04 bits per heavy atom. The molecule has 0 aliphatic heterocycles. The molecule has 0 fully saturated rings. The van der Waals surface area contributed by atoms with E-state index in [-0.39, 0.29) is 29.7 Å².